The molecule has 0 radical (unpaired) electrons. The molecule has 3 N–H and O–H groups in total. The molecule has 3 heterocycles. The lowest BCUT2D eigenvalue weighted by Gasteiger charge is -2.44. The number of imide groups is 2. The van der Waals surface area contributed by atoms with E-state index >= 15 is 0 Å². The number of nitrogens with zero attached hydrogens (tertiary/aromatic N) is 5. The number of hydrogen-bond acceptors (Lipinski definition) is 11. The van der Waals surface area contributed by atoms with E-state index in [1.807, 2.05) is 0 Å². The lowest BCUT2D eigenvalue weighted by molar-refractivity contribution is -0.138. The van der Waals surface area contributed by atoms with Crippen LogP contribution in [0.3, 0.4) is 0 Å². The van der Waals surface area contributed by atoms with E-state index in [4.69, 9.17) is 10.00 Å². The Morgan fingerprint density at radius 3 is 2.34 bits per heavy atom. The Hall–Kier alpha value is -4.70. The number of nitriles is 1. The predicted octanol–water partition coefficient (Wildman–Crippen LogP) is 5.21. The van der Waals surface area contributed by atoms with E-state index in [0.29, 0.717) is 68.6 Å². The van der Waals surface area contributed by atoms with Crippen LogP contribution in [0.5, 0.6) is 0 Å². The number of anilines is 2. The van der Waals surface area contributed by atoms with Gasteiger partial charge in [-0.15, -0.1) is 0 Å². The van der Waals surface area contributed by atoms with Gasteiger partial charge in [0.15, 0.2) is 0 Å². The normalized spacial score (nSPS) is 25.7. The van der Waals surface area contributed by atoms with Gasteiger partial charge in [0.1, 0.15) is 11.6 Å². The first-order valence-electron chi connectivity index (χ1n) is 19.5. The fraction of sp³-hybridized carbons (Fsp3) is 0.550. The van der Waals surface area contributed by atoms with Crippen molar-refractivity contribution in [2.75, 3.05) is 43.4 Å². The quantitative estimate of drug-likeness (QED) is 0.146. The van der Waals surface area contributed by atoms with Crippen molar-refractivity contribution >= 4 is 53.0 Å². The number of amides is 6. The predicted molar refractivity (Wildman–Crippen MR) is 209 cm³/mol. The third-order valence-corrected chi connectivity index (χ3v) is 12.3. The van der Waals surface area contributed by atoms with E-state index in [2.05, 4.69) is 39.6 Å². The molecule has 4 aliphatic rings. The number of nitrogens with one attached hydrogen (secondary N) is 3. The number of ether oxygens (including phenoxy) is 1. The monoisotopic (exact) mass is 826 g/mol. The molecule has 0 bridgehead atoms. The van der Waals surface area contributed by atoms with E-state index in [0.717, 1.165) is 29.5 Å². The number of alkyl halides is 3. The highest BCUT2D eigenvalue weighted by atomic mass is 32.2. The van der Waals surface area contributed by atoms with Gasteiger partial charge in [-0.3, -0.25) is 34.3 Å². The van der Waals surface area contributed by atoms with Crippen molar-refractivity contribution in [2.45, 2.75) is 113 Å². The highest BCUT2D eigenvalue weighted by molar-refractivity contribution is 7.98. The summed E-state index contributed by atoms with van der Waals surface area (Å²) in [5.41, 5.74) is -1.59. The van der Waals surface area contributed by atoms with Crippen molar-refractivity contribution in [3.8, 4) is 6.07 Å². The number of carbonyl (C=O) groups is 5. The van der Waals surface area contributed by atoms with Gasteiger partial charge in [-0.1, -0.05) is 6.07 Å². The maximum Gasteiger partial charge on any atom is 0.417 e. The zero-order valence-electron chi connectivity index (χ0n) is 32.9. The summed E-state index contributed by atoms with van der Waals surface area (Å²) >= 11 is 0.632. The first-order valence-corrected chi connectivity index (χ1v) is 20.3. The fourth-order valence-corrected chi connectivity index (χ4v) is 9.33. The zero-order chi connectivity index (χ0) is 41.9. The van der Waals surface area contributed by atoms with Gasteiger partial charge in [0.25, 0.3) is 5.91 Å². The number of halogens is 3. The third kappa shape index (κ3) is 9.76. The lowest BCUT2D eigenvalue weighted by atomic mass is 9.89. The molecule has 3 saturated heterocycles. The highest BCUT2D eigenvalue weighted by Gasteiger charge is 2.55. The van der Waals surface area contributed by atoms with Crippen LogP contribution < -0.4 is 16.0 Å². The van der Waals surface area contributed by atoms with Crippen LogP contribution in [-0.4, -0.2) is 117 Å². The summed E-state index contributed by atoms with van der Waals surface area (Å²) in [7, 11) is 0. The molecule has 1 saturated carbocycles. The maximum atomic E-state index is 13.6. The minimum Gasteiger partial charge on any atom is -0.377 e. The van der Waals surface area contributed by atoms with Crippen molar-refractivity contribution in [3.63, 3.8) is 0 Å². The Balaban J connectivity index is 0.930. The molecular weight excluding hydrogens is 778 g/mol. The number of piperidine rings is 1. The van der Waals surface area contributed by atoms with Gasteiger partial charge in [0, 0.05) is 60.5 Å². The average molecular weight is 827 g/mol. The largest absolute Gasteiger partial charge is 0.417 e. The molecule has 3 aliphatic heterocycles. The smallest absolute Gasteiger partial charge is 0.377 e. The Morgan fingerprint density at radius 1 is 1.00 bits per heavy atom. The van der Waals surface area contributed by atoms with Gasteiger partial charge in [-0.05, 0) is 108 Å². The van der Waals surface area contributed by atoms with E-state index in [1.165, 1.54) is 12.1 Å². The van der Waals surface area contributed by atoms with Crippen LogP contribution in [0.2, 0.25) is 0 Å². The van der Waals surface area contributed by atoms with E-state index in [9.17, 15) is 37.1 Å². The summed E-state index contributed by atoms with van der Waals surface area (Å²) in [5, 5.41) is 17.6. The van der Waals surface area contributed by atoms with Gasteiger partial charge in [-0.25, -0.2) is 4.79 Å². The van der Waals surface area contributed by atoms with Gasteiger partial charge in [0.2, 0.25) is 17.7 Å². The molecule has 1 aliphatic carbocycles. The van der Waals surface area contributed by atoms with Crippen LogP contribution >= 0.6 is 11.9 Å². The second-order valence-electron chi connectivity index (χ2n) is 15.9. The van der Waals surface area contributed by atoms with Crippen molar-refractivity contribution in [2.24, 2.45) is 0 Å². The number of hydrogen-bond donors (Lipinski definition) is 3. The summed E-state index contributed by atoms with van der Waals surface area (Å²) in [4.78, 5) is 69.9. The van der Waals surface area contributed by atoms with Gasteiger partial charge in [-0.2, -0.15) is 22.7 Å². The van der Waals surface area contributed by atoms with Crippen LogP contribution in [0.25, 0.3) is 0 Å². The molecule has 14 nitrogen and oxygen atoms in total. The van der Waals surface area contributed by atoms with E-state index < -0.39 is 40.8 Å². The molecule has 2 aromatic rings. The minimum atomic E-state index is -4.77. The number of piperazine rings is 1. The third-order valence-electron chi connectivity index (χ3n) is 11.3. The van der Waals surface area contributed by atoms with Gasteiger partial charge in [0.05, 0.1) is 36.5 Å². The topological polar surface area (TPSA) is 167 Å². The Bertz CT molecular complexity index is 1940. The van der Waals surface area contributed by atoms with Crippen molar-refractivity contribution < 1.29 is 41.9 Å². The highest BCUT2D eigenvalue weighted by Crippen LogP contribution is 2.42. The molecule has 3 atom stereocenters. The molecule has 2 aromatic carbocycles. The molecule has 4 fully saturated rings. The number of carbonyl (C=O) groups excluding carboxylic acids is 5. The lowest BCUT2D eigenvalue weighted by Crippen LogP contribution is -2.58. The second kappa shape index (κ2) is 17.7. The molecule has 6 rings (SSSR count). The second-order valence-corrected chi connectivity index (χ2v) is 16.9. The maximum absolute atomic E-state index is 13.6. The fourth-order valence-electron chi connectivity index (χ4n) is 8.35. The average Bonchev–Trinajstić information content (AvgIpc) is 3.32. The Morgan fingerprint density at radius 2 is 1.69 bits per heavy atom. The summed E-state index contributed by atoms with van der Waals surface area (Å²) in [5.74, 6) is -1.32. The van der Waals surface area contributed by atoms with E-state index in [-0.39, 0.29) is 59.8 Å². The van der Waals surface area contributed by atoms with Crippen LogP contribution in [0.15, 0.2) is 47.4 Å². The molecule has 312 valence electrons. The van der Waals surface area contributed by atoms with Crippen LogP contribution in [0.1, 0.15) is 77.3 Å². The summed E-state index contributed by atoms with van der Waals surface area (Å²) < 4.78 is 47.9. The zero-order valence-corrected chi connectivity index (χ0v) is 33.8. The first-order chi connectivity index (χ1) is 27.4. The number of urea groups is 1. The standard InChI is InChI=1S/C40H49F3N8O6S/c1-24-21-48(22-25(2)49(24)23-35(53)46-28-7-5-6-27(18-28)45-33-14-15-34(52)47-36(33)54)16-17-57-30-11-9-29(10-12-30)50-38(56)51(37(55)39(50,3)4)58-31-13-8-26(20-44)32(19-31)40(41,42)43/h5-8,13,18-19,24-25,29-30,33,45H,9-12,14-17,21-23H2,1-4H3,(H,46,53)(H,47,52,54)/t24-,25+,29?,30?,33-/m1/s1. The molecular formula is C40H49F3N8O6S. The molecule has 18 heteroatoms. The Kier molecular flexibility index (Phi) is 13.1. The van der Waals surface area contributed by atoms with Gasteiger partial charge >= 0.3 is 12.2 Å². The van der Waals surface area contributed by atoms with Gasteiger partial charge < -0.3 is 20.3 Å². The van der Waals surface area contributed by atoms with E-state index in [1.54, 1.807) is 43.0 Å². The SMILES string of the molecule is C[C@@H]1CN(CCOC2CCC(N3C(=O)N(Sc4ccc(C#N)c(C(F)(F)F)c4)C(=O)C3(C)C)CC2)C[C@H](C)N1CC(=O)Nc1cccc(N[C@@H]2CCC(=O)NC2=O)c1. The van der Waals surface area contributed by atoms with Crippen LogP contribution in [-0.2, 0) is 30.1 Å². The summed E-state index contributed by atoms with van der Waals surface area (Å²) in [6.45, 7) is 10.4. The van der Waals surface area contributed by atoms with Crippen LogP contribution in [0.4, 0.5) is 29.3 Å². The van der Waals surface area contributed by atoms with Crippen LogP contribution in [0, 0.1) is 11.3 Å². The van der Waals surface area contributed by atoms with Crippen molar-refractivity contribution in [3.05, 3.63) is 53.6 Å². The molecule has 0 spiro atoms. The molecule has 0 unspecified atom stereocenters. The van der Waals surface area contributed by atoms with Crippen molar-refractivity contribution in [1.29, 1.82) is 5.26 Å². The van der Waals surface area contributed by atoms with Crippen molar-refractivity contribution in [1.82, 2.24) is 24.3 Å². The molecule has 6 amide bonds. The number of rotatable bonds is 12. The Labute approximate surface area is 339 Å². The number of benzene rings is 2. The minimum absolute atomic E-state index is 0.0183. The molecule has 58 heavy (non-hydrogen) atoms. The first kappa shape index (κ1) is 42.9. The summed E-state index contributed by atoms with van der Waals surface area (Å²) in [6.07, 6.45) is -1.54. The summed E-state index contributed by atoms with van der Waals surface area (Å²) in [6, 6.07) is 10.7. The molecule has 0 aromatic heterocycles.